The molecule has 2 nitrogen and oxygen atoms in total. The van der Waals surface area contributed by atoms with Gasteiger partial charge in [0.25, 0.3) is 0 Å². The molecule has 0 spiro atoms. The predicted octanol–water partition coefficient (Wildman–Crippen LogP) is 5.48. The van der Waals surface area contributed by atoms with Gasteiger partial charge in [-0.1, -0.05) is 37.3 Å². The molecule has 1 atom stereocenters. The van der Waals surface area contributed by atoms with Crippen LogP contribution in [0.3, 0.4) is 0 Å². The molecule has 1 N–H and O–H groups in total. The summed E-state index contributed by atoms with van der Waals surface area (Å²) in [6, 6.07) is 11.1. The first-order chi connectivity index (χ1) is 9.63. The second-order valence-electron chi connectivity index (χ2n) is 5.37. The van der Waals surface area contributed by atoms with Crippen molar-refractivity contribution < 1.29 is 0 Å². The number of anilines is 1. The van der Waals surface area contributed by atoms with Gasteiger partial charge in [-0.15, -0.1) is 11.3 Å². The van der Waals surface area contributed by atoms with Crippen molar-refractivity contribution in [2.75, 3.05) is 5.32 Å². The number of thiazole rings is 1. The Hall–Kier alpha value is -1.39. The highest BCUT2D eigenvalue weighted by molar-refractivity contribution is 7.22. The van der Waals surface area contributed by atoms with E-state index in [9.17, 15) is 0 Å². The van der Waals surface area contributed by atoms with Crippen molar-refractivity contribution >= 4 is 38.0 Å². The average molecular weight is 302 g/mol. The Kier molecular flexibility index (Phi) is 3.76. The summed E-state index contributed by atoms with van der Waals surface area (Å²) >= 11 is 3.53. The summed E-state index contributed by atoms with van der Waals surface area (Å²) in [5.74, 6) is 0.530. The molecule has 2 aromatic heterocycles. The van der Waals surface area contributed by atoms with E-state index in [0.29, 0.717) is 12.0 Å². The fourth-order valence-electron chi connectivity index (χ4n) is 2.27. The third-order valence-electron chi connectivity index (χ3n) is 3.34. The van der Waals surface area contributed by atoms with Gasteiger partial charge < -0.3 is 5.32 Å². The van der Waals surface area contributed by atoms with Crippen LogP contribution < -0.4 is 5.32 Å². The minimum atomic E-state index is 0.330. The summed E-state index contributed by atoms with van der Waals surface area (Å²) in [5.41, 5.74) is 2.35. The van der Waals surface area contributed by atoms with Crippen molar-refractivity contribution in [3.05, 3.63) is 46.2 Å². The molecule has 0 fully saturated rings. The molecular formula is C16H18N2S2. The van der Waals surface area contributed by atoms with Crippen LogP contribution in [0.15, 0.2) is 35.7 Å². The number of nitrogens with one attached hydrogen (secondary N) is 1. The van der Waals surface area contributed by atoms with Gasteiger partial charge in [-0.25, -0.2) is 4.98 Å². The van der Waals surface area contributed by atoms with Crippen LogP contribution in [0.1, 0.15) is 30.3 Å². The van der Waals surface area contributed by atoms with Crippen LogP contribution in [0.4, 0.5) is 5.13 Å². The Labute approximate surface area is 127 Å². The zero-order chi connectivity index (χ0) is 14.1. The first-order valence-corrected chi connectivity index (χ1v) is 8.50. The normalized spacial score (nSPS) is 13.0. The van der Waals surface area contributed by atoms with Crippen LogP contribution in [-0.2, 0) is 0 Å². The van der Waals surface area contributed by atoms with Crippen LogP contribution in [0.5, 0.6) is 0 Å². The highest BCUT2D eigenvalue weighted by Gasteiger charge is 2.18. The molecule has 104 valence electrons. The van der Waals surface area contributed by atoms with Crippen molar-refractivity contribution in [3.8, 4) is 0 Å². The molecule has 0 saturated heterocycles. The smallest absolute Gasteiger partial charge is 0.184 e. The van der Waals surface area contributed by atoms with Crippen molar-refractivity contribution in [1.29, 1.82) is 0 Å². The average Bonchev–Trinajstić information content (AvgIpc) is 3.03. The van der Waals surface area contributed by atoms with E-state index < -0.39 is 0 Å². The summed E-state index contributed by atoms with van der Waals surface area (Å²) in [5, 5.41) is 6.75. The quantitative estimate of drug-likeness (QED) is 0.690. The Bertz CT molecular complexity index is 698. The van der Waals surface area contributed by atoms with Crippen molar-refractivity contribution in [3.63, 3.8) is 0 Å². The molecule has 4 heteroatoms. The topological polar surface area (TPSA) is 24.9 Å². The Morgan fingerprint density at radius 3 is 2.75 bits per heavy atom. The van der Waals surface area contributed by atoms with Crippen molar-refractivity contribution in [2.24, 2.45) is 5.92 Å². The maximum Gasteiger partial charge on any atom is 0.184 e. The maximum atomic E-state index is 4.72. The molecule has 0 aliphatic carbocycles. The van der Waals surface area contributed by atoms with Crippen LogP contribution in [0.2, 0.25) is 0 Å². The number of hydrogen-bond donors (Lipinski definition) is 1. The lowest BCUT2D eigenvalue weighted by atomic mass is 10.0. The second kappa shape index (κ2) is 5.54. The second-order valence-corrected chi connectivity index (χ2v) is 7.38. The summed E-state index contributed by atoms with van der Waals surface area (Å²) < 4.78 is 1.24. The molecule has 0 saturated carbocycles. The molecule has 0 aliphatic heterocycles. The lowest BCUT2D eigenvalue weighted by molar-refractivity contribution is 0.553. The monoisotopic (exact) mass is 302 g/mol. The van der Waals surface area contributed by atoms with E-state index in [2.05, 4.69) is 61.8 Å². The number of hydrogen-bond acceptors (Lipinski definition) is 4. The van der Waals surface area contributed by atoms with Gasteiger partial charge in [0.1, 0.15) is 0 Å². The number of rotatable bonds is 4. The fourth-order valence-corrected chi connectivity index (χ4v) is 4.10. The molecule has 1 unspecified atom stereocenters. The molecule has 3 rings (SSSR count). The Morgan fingerprint density at radius 1 is 1.20 bits per heavy atom. The standard InChI is InChI=1S/C16H18N2S2/c1-10(2)15(14-5-4-8-19-14)18-16-17-12-9-11(3)6-7-13(12)20-16/h4-10,15H,1-3H3,(H,17,18). The maximum absolute atomic E-state index is 4.72. The lowest BCUT2D eigenvalue weighted by Crippen LogP contribution is -2.15. The summed E-state index contributed by atoms with van der Waals surface area (Å²) in [4.78, 5) is 6.09. The zero-order valence-electron chi connectivity index (χ0n) is 11.9. The molecule has 0 bridgehead atoms. The minimum Gasteiger partial charge on any atom is -0.354 e. The molecule has 2 heterocycles. The van der Waals surface area contributed by atoms with E-state index in [1.165, 1.54) is 15.1 Å². The Morgan fingerprint density at radius 2 is 2.05 bits per heavy atom. The number of aryl methyl sites for hydroxylation is 1. The van der Waals surface area contributed by atoms with Gasteiger partial charge in [0.05, 0.1) is 16.3 Å². The molecular weight excluding hydrogens is 284 g/mol. The molecule has 0 amide bonds. The molecule has 1 aromatic carbocycles. The van der Waals surface area contributed by atoms with E-state index in [-0.39, 0.29) is 0 Å². The number of thiophene rings is 1. The van der Waals surface area contributed by atoms with Crippen LogP contribution in [0, 0.1) is 12.8 Å². The SMILES string of the molecule is Cc1ccc2sc(NC(c3cccs3)C(C)C)nc2c1. The third-order valence-corrected chi connectivity index (χ3v) is 5.26. The van der Waals surface area contributed by atoms with E-state index in [4.69, 9.17) is 4.98 Å². The van der Waals surface area contributed by atoms with E-state index in [1.54, 1.807) is 22.7 Å². The molecule has 0 aliphatic rings. The zero-order valence-corrected chi connectivity index (χ0v) is 13.5. The van der Waals surface area contributed by atoms with Crippen molar-refractivity contribution in [2.45, 2.75) is 26.8 Å². The number of fused-ring (bicyclic) bond motifs is 1. The van der Waals surface area contributed by atoms with Crippen LogP contribution in [0.25, 0.3) is 10.2 Å². The number of benzene rings is 1. The van der Waals surface area contributed by atoms with Gasteiger partial charge in [0, 0.05) is 4.88 Å². The summed E-state index contributed by atoms with van der Waals surface area (Å²) in [6.07, 6.45) is 0. The van der Waals surface area contributed by atoms with E-state index >= 15 is 0 Å². The molecule has 3 aromatic rings. The first kappa shape index (κ1) is 13.6. The number of aromatic nitrogens is 1. The highest BCUT2D eigenvalue weighted by atomic mass is 32.1. The highest BCUT2D eigenvalue weighted by Crippen LogP contribution is 2.33. The fraction of sp³-hybridized carbons (Fsp3) is 0.312. The van der Waals surface area contributed by atoms with Gasteiger partial charge in [-0.3, -0.25) is 0 Å². The minimum absolute atomic E-state index is 0.330. The third kappa shape index (κ3) is 2.72. The molecule has 0 radical (unpaired) electrons. The predicted molar refractivity (Wildman–Crippen MR) is 89.9 cm³/mol. The van der Waals surface area contributed by atoms with Crippen molar-refractivity contribution in [1.82, 2.24) is 4.98 Å². The van der Waals surface area contributed by atoms with Gasteiger partial charge in [-0.2, -0.15) is 0 Å². The summed E-state index contributed by atoms with van der Waals surface area (Å²) in [7, 11) is 0. The largest absolute Gasteiger partial charge is 0.354 e. The van der Waals surface area contributed by atoms with Gasteiger partial charge in [-0.05, 0) is 42.0 Å². The van der Waals surface area contributed by atoms with Gasteiger partial charge in [0.15, 0.2) is 5.13 Å². The molecule has 20 heavy (non-hydrogen) atoms. The van der Waals surface area contributed by atoms with E-state index in [1.807, 2.05) is 0 Å². The van der Waals surface area contributed by atoms with Gasteiger partial charge in [0.2, 0.25) is 0 Å². The Balaban J connectivity index is 1.90. The first-order valence-electron chi connectivity index (χ1n) is 6.80. The van der Waals surface area contributed by atoms with Crippen LogP contribution in [-0.4, -0.2) is 4.98 Å². The van der Waals surface area contributed by atoms with Crippen LogP contribution >= 0.6 is 22.7 Å². The summed E-state index contributed by atoms with van der Waals surface area (Å²) in [6.45, 7) is 6.60. The van der Waals surface area contributed by atoms with E-state index in [0.717, 1.165) is 10.6 Å². The lowest BCUT2D eigenvalue weighted by Gasteiger charge is -2.20. The van der Waals surface area contributed by atoms with Gasteiger partial charge >= 0.3 is 0 Å². The number of nitrogens with zero attached hydrogens (tertiary/aromatic N) is 1.